The van der Waals surface area contributed by atoms with E-state index in [1.807, 2.05) is 24.6 Å². The van der Waals surface area contributed by atoms with Crippen LogP contribution < -0.4 is 4.90 Å². The van der Waals surface area contributed by atoms with Crippen molar-refractivity contribution in [3.63, 3.8) is 0 Å². The number of nitrogens with zero attached hydrogens (tertiary/aromatic N) is 6. The van der Waals surface area contributed by atoms with E-state index in [1.54, 1.807) is 18.6 Å². The van der Waals surface area contributed by atoms with Gasteiger partial charge in [0.1, 0.15) is 11.6 Å². The van der Waals surface area contributed by atoms with Crippen LogP contribution in [0.1, 0.15) is 12.7 Å². The molecule has 0 bridgehead atoms. The summed E-state index contributed by atoms with van der Waals surface area (Å²) in [5.74, 6) is 2.58. The first-order valence-corrected chi connectivity index (χ1v) is 7.61. The molecule has 7 heteroatoms. The Kier molecular flexibility index (Phi) is 4.35. The Morgan fingerprint density at radius 1 is 1.18 bits per heavy atom. The predicted molar refractivity (Wildman–Crippen MR) is 84.2 cm³/mol. The molecular weight excluding hydrogens is 280 g/mol. The molecule has 1 saturated heterocycles. The van der Waals surface area contributed by atoms with Gasteiger partial charge in [0.05, 0.1) is 18.5 Å². The van der Waals surface area contributed by atoms with Crippen LogP contribution in [0.15, 0.2) is 24.8 Å². The number of piperazine rings is 1. The van der Waals surface area contributed by atoms with Crippen molar-refractivity contribution in [2.45, 2.75) is 20.0 Å². The fourth-order valence-electron chi connectivity index (χ4n) is 2.77. The summed E-state index contributed by atoms with van der Waals surface area (Å²) in [6, 6.07) is 0. The van der Waals surface area contributed by atoms with Crippen LogP contribution in [-0.2, 0) is 0 Å². The maximum Gasteiger partial charge on any atom is 0.159 e. The number of aromatic nitrogens is 4. The normalized spacial score (nSPS) is 17.7. The van der Waals surface area contributed by atoms with Gasteiger partial charge in [-0.1, -0.05) is 0 Å². The monoisotopic (exact) mass is 302 g/mol. The molecule has 1 aliphatic heterocycles. The second kappa shape index (κ2) is 6.41. The van der Waals surface area contributed by atoms with Crippen molar-refractivity contribution >= 4 is 5.82 Å². The van der Waals surface area contributed by atoms with Crippen LogP contribution in [0, 0.1) is 6.92 Å². The summed E-state index contributed by atoms with van der Waals surface area (Å²) >= 11 is 0. The van der Waals surface area contributed by atoms with Gasteiger partial charge in [0, 0.05) is 45.1 Å². The van der Waals surface area contributed by atoms with Crippen molar-refractivity contribution < 1.29 is 5.11 Å². The van der Waals surface area contributed by atoms with Crippen LogP contribution in [-0.4, -0.2) is 68.4 Å². The van der Waals surface area contributed by atoms with Gasteiger partial charge in [-0.15, -0.1) is 0 Å². The molecule has 1 fully saturated rings. The summed E-state index contributed by atoms with van der Waals surface area (Å²) in [5, 5.41) is 9.47. The zero-order chi connectivity index (χ0) is 15.5. The molecule has 1 atom stereocenters. The number of hydrogen-bond acceptors (Lipinski definition) is 6. The van der Waals surface area contributed by atoms with Gasteiger partial charge in [0.15, 0.2) is 5.82 Å². The van der Waals surface area contributed by atoms with Crippen molar-refractivity contribution in [3.8, 4) is 5.82 Å². The molecule has 0 amide bonds. The van der Waals surface area contributed by atoms with E-state index in [0.29, 0.717) is 0 Å². The lowest BCUT2D eigenvalue weighted by Crippen LogP contribution is -2.48. The lowest BCUT2D eigenvalue weighted by Gasteiger charge is -2.35. The van der Waals surface area contributed by atoms with E-state index in [-0.39, 0.29) is 6.10 Å². The topological polar surface area (TPSA) is 70.3 Å². The van der Waals surface area contributed by atoms with Crippen LogP contribution in [0.2, 0.25) is 0 Å². The average Bonchev–Trinajstić information content (AvgIpc) is 2.94. The number of imidazole rings is 1. The minimum Gasteiger partial charge on any atom is -0.392 e. The van der Waals surface area contributed by atoms with E-state index in [9.17, 15) is 5.11 Å². The summed E-state index contributed by atoms with van der Waals surface area (Å²) in [5.41, 5.74) is 0. The van der Waals surface area contributed by atoms with E-state index in [2.05, 4.69) is 19.8 Å². The van der Waals surface area contributed by atoms with Crippen molar-refractivity contribution in [2.24, 2.45) is 0 Å². The highest BCUT2D eigenvalue weighted by molar-refractivity contribution is 5.40. The highest BCUT2D eigenvalue weighted by Crippen LogP contribution is 2.15. The lowest BCUT2D eigenvalue weighted by atomic mass is 10.3. The SMILES string of the molecule is Cc1nccn1-c1cncc(N2CCN(C[C@@H](C)O)CC2)n1. The molecule has 7 nitrogen and oxygen atoms in total. The number of anilines is 1. The van der Waals surface area contributed by atoms with Gasteiger partial charge < -0.3 is 10.0 Å². The van der Waals surface area contributed by atoms with Gasteiger partial charge in [0.25, 0.3) is 0 Å². The molecule has 22 heavy (non-hydrogen) atoms. The minimum atomic E-state index is -0.279. The van der Waals surface area contributed by atoms with E-state index in [1.165, 1.54) is 0 Å². The fraction of sp³-hybridized carbons (Fsp3) is 0.533. The van der Waals surface area contributed by atoms with Gasteiger partial charge in [-0.2, -0.15) is 0 Å². The summed E-state index contributed by atoms with van der Waals surface area (Å²) in [6.45, 7) is 8.16. The van der Waals surface area contributed by atoms with E-state index >= 15 is 0 Å². The second-order valence-electron chi connectivity index (χ2n) is 5.72. The molecule has 1 N–H and O–H groups in total. The highest BCUT2D eigenvalue weighted by atomic mass is 16.3. The van der Waals surface area contributed by atoms with Crippen molar-refractivity contribution in [1.82, 2.24) is 24.4 Å². The summed E-state index contributed by atoms with van der Waals surface area (Å²) in [6.07, 6.45) is 6.93. The Labute approximate surface area is 130 Å². The third-order valence-corrected chi connectivity index (χ3v) is 3.90. The van der Waals surface area contributed by atoms with Gasteiger partial charge in [-0.05, 0) is 13.8 Å². The molecule has 0 radical (unpaired) electrons. The smallest absolute Gasteiger partial charge is 0.159 e. The summed E-state index contributed by atoms with van der Waals surface area (Å²) in [7, 11) is 0. The van der Waals surface area contributed by atoms with Gasteiger partial charge in [0.2, 0.25) is 0 Å². The number of aliphatic hydroxyl groups excluding tert-OH is 1. The lowest BCUT2D eigenvalue weighted by molar-refractivity contribution is 0.122. The zero-order valence-electron chi connectivity index (χ0n) is 13.1. The largest absolute Gasteiger partial charge is 0.392 e. The Hall–Kier alpha value is -1.99. The molecule has 1 aliphatic rings. The molecule has 3 rings (SSSR count). The minimum absolute atomic E-state index is 0.279. The Bertz CT molecular complexity index is 618. The van der Waals surface area contributed by atoms with E-state index in [0.717, 1.165) is 50.2 Å². The van der Waals surface area contributed by atoms with Crippen molar-refractivity contribution in [2.75, 3.05) is 37.6 Å². The van der Waals surface area contributed by atoms with Crippen molar-refractivity contribution in [3.05, 3.63) is 30.6 Å². The molecule has 0 aliphatic carbocycles. The van der Waals surface area contributed by atoms with Crippen LogP contribution in [0.4, 0.5) is 5.82 Å². The van der Waals surface area contributed by atoms with Crippen molar-refractivity contribution in [1.29, 1.82) is 0 Å². The Balaban J connectivity index is 1.70. The number of β-amino-alcohol motifs (C(OH)–C–C–N with tert-alkyl or cyclic N) is 1. The first-order valence-electron chi connectivity index (χ1n) is 7.61. The quantitative estimate of drug-likeness (QED) is 0.885. The molecular formula is C15H22N6O. The maximum absolute atomic E-state index is 9.47. The van der Waals surface area contributed by atoms with Crippen LogP contribution >= 0.6 is 0 Å². The molecule has 2 aromatic heterocycles. The molecule has 3 heterocycles. The molecule has 0 spiro atoms. The van der Waals surface area contributed by atoms with E-state index < -0.39 is 0 Å². The first-order chi connectivity index (χ1) is 10.6. The molecule has 2 aromatic rings. The molecule has 118 valence electrons. The number of rotatable bonds is 4. The zero-order valence-corrected chi connectivity index (χ0v) is 13.1. The van der Waals surface area contributed by atoms with Gasteiger partial charge >= 0.3 is 0 Å². The number of aryl methyl sites for hydroxylation is 1. The third-order valence-electron chi connectivity index (χ3n) is 3.90. The second-order valence-corrected chi connectivity index (χ2v) is 5.72. The van der Waals surface area contributed by atoms with Crippen LogP contribution in [0.25, 0.3) is 5.82 Å². The molecule has 0 aromatic carbocycles. The fourth-order valence-corrected chi connectivity index (χ4v) is 2.77. The molecule has 0 saturated carbocycles. The summed E-state index contributed by atoms with van der Waals surface area (Å²) in [4.78, 5) is 17.8. The first kappa shape index (κ1) is 14.9. The van der Waals surface area contributed by atoms with E-state index in [4.69, 9.17) is 4.98 Å². The average molecular weight is 302 g/mol. The highest BCUT2D eigenvalue weighted by Gasteiger charge is 2.19. The third kappa shape index (κ3) is 3.26. The molecule has 0 unspecified atom stereocenters. The van der Waals surface area contributed by atoms with Crippen LogP contribution in [0.5, 0.6) is 0 Å². The number of aliphatic hydroxyl groups is 1. The summed E-state index contributed by atoms with van der Waals surface area (Å²) < 4.78 is 1.93. The Morgan fingerprint density at radius 2 is 1.91 bits per heavy atom. The Morgan fingerprint density at radius 3 is 2.55 bits per heavy atom. The van der Waals surface area contributed by atoms with Gasteiger partial charge in [-0.25, -0.2) is 9.97 Å². The van der Waals surface area contributed by atoms with Crippen LogP contribution in [0.3, 0.4) is 0 Å². The standard InChI is InChI=1S/C15H22N6O/c1-12(22)11-19-5-7-20(8-6-19)14-9-16-10-15(18-14)21-4-3-17-13(21)2/h3-4,9-10,12,22H,5-8,11H2,1-2H3/t12-/m1/s1. The maximum atomic E-state index is 9.47. The van der Waals surface area contributed by atoms with Gasteiger partial charge in [-0.3, -0.25) is 14.5 Å². The number of hydrogen-bond donors (Lipinski definition) is 1. The predicted octanol–water partition coefficient (Wildman–Crippen LogP) is 0.474.